The molecule has 2 fully saturated rings. The van der Waals surface area contributed by atoms with Gasteiger partial charge in [0.05, 0.1) is 11.0 Å². The maximum absolute atomic E-state index is 5.80. The first-order valence-electron chi connectivity index (χ1n) is 33.4. The van der Waals surface area contributed by atoms with Gasteiger partial charge in [0.15, 0.2) is 17.5 Å². The molecule has 5 nitrogen and oxygen atoms in total. The van der Waals surface area contributed by atoms with E-state index in [4.69, 9.17) is 15.0 Å². The second-order valence-corrected chi connectivity index (χ2v) is 33.6. The molecule has 0 radical (unpaired) electrons. The Balaban J connectivity index is 1.14. The van der Waals surface area contributed by atoms with E-state index in [0.29, 0.717) is 29.3 Å². The van der Waals surface area contributed by atoms with Crippen molar-refractivity contribution in [3.63, 3.8) is 0 Å². The zero-order chi connectivity index (χ0) is 61.4. The predicted molar refractivity (Wildman–Crippen MR) is 373 cm³/mol. The molecule has 0 N–H and O–H groups in total. The predicted octanol–water partition coefficient (Wildman–Crippen LogP) is 20.1. The molecule has 0 bridgehead atoms. The van der Waals surface area contributed by atoms with Crippen LogP contribution in [0.2, 0.25) is 0 Å². The standard InChI is InChI=1S/C81H94BN5/c1-76(2,3)54-29-31-66-60(45-54)62-37-49(47-25-21-19-22-26-47)39-64-71(62)86(66)68-41-53(42-69-70(68)82(64)65-40-50(48-27-23-20-24-28-48)38-63-61-46-55(77(4,5)6)30-32-67(61)87(69)72(63)65)75-84-73(51-33-56(78(7,8)9)43-57(34-51)79(10,11)12)83-74(85-75)52-35-58(80(13,14)15)44-59(36-52)81(16,17)18/h29-48H,19-28H2,1-18H3. The molecule has 87 heavy (non-hydrogen) atoms. The summed E-state index contributed by atoms with van der Waals surface area (Å²) in [6.07, 6.45) is 12.9. The fourth-order valence-corrected chi connectivity index (χ4v) is 15.5. The third-order valence-electron chi connectivity index (χ3n) is 21.0. The van der Waals surface area contributed by atoms with Gasteiger partial charge in [-0.15, -0.1) is 0 Å². The fraction of sp³-hybridized carbons (Fsp3) is 0.444. The van der Waals surface area contributed by atoms with Gasteiger partial charge in [0.1, 0.15) is 0 Å². The van der Waals surface area contributed by atoms with E-state index in [1.165, 1.54) is 180 Å². The highest BCUT2D eigenvalue weighted by Gasteiger charge is 2.43. The highest BCUT2D eigenvalue weighted by atomic mass is 15.1. The van der Waals surface area contributed by atoms with E-state index in [0.717, 1.165) is 16.7 Å². The van der Waals surface area contributed by atoms with Gasteiger partial charge in [-0.3, -0.25) is 0 Å². The van der Waals surface area contributed by atoms with Crippen molar-refractivity contribution in [2.45, 2.75) is 233 Å². The first-order chi connectivity index (χ1) is 40.9. The Labute approximate surface area is 520 Å². The topological polar surface area (TPSA) is 48.5 Å². The molecule has 0 saturated heterocycles. The average Bonchev–Trinajstić information content (AvgIpc) is 1.57. The summed E-state index contributed by atoms with van der Waals surface area (Å²) >= 11 is 0. The maximum Gasteiger partial charge on any atom is 0.252 e. The third kappa shape index (κ3) is 9.83. The number of hydrogen-bond donors (Lipinski definition) is 0. The van der Waals surface area contributed by atoms with Crippen LogP contribution in [-0.4, -0.2) is 30.8 Å². The van der Waals surface area contributed by atoms with Crippen molar-refractivity contribution in [3.05, 3.63) is 154 Å². The Morgan fingerprint density at radius 2 is 0.655 bits per heavy atom. The van der Waals surface area contributed by atoms with Crippen LogP contribution in [0.15, 0.2) is 109 Å². The lowest BCUT2D eigenvalue weighted by atomic mass is 9.34. The van der Waals surface area contributed by atoms with E-state index in [1.807, 2.05) is 0 Å². The van der Waals surface area contributed by atoms with Crippen molar-refractivity contribution in [1.82, 2.24) is 24.1 Å². The van der Waals surface area contributed by atoms with Crippen LogP contribution < -0.4 is 16.4 Å². The van der Waals surface area contributed by atoms with Crippen molar-refractivity contribution in [3.8, 4) is 45.5 Å². The highest BCUT2D eigenvalue weighted by Crippen LogP contribution is 2.47. The molecule has 2 aliphatic heterocycles. The number of rotatable bonds is 5. The summed E-state index contributed by atoms with van der Waals surface area (Å²) in [5.41, 5.74) is 25.4. The zero-order valence-electron chi connectivity index (χ0n) is 55.9. The summed E-state index contributed by atoms with van der Waals surface area (Å²) in [6, 6.07) is 44.8. The lowest BCUT2D eigenvalue weighted by molar-refractivity contribution is 0.444. The minimum atomic E-state index is -0.104. The van der Waals surface area contributed by atoms with Crippen LogP contribution in [0.25, 0.3) is 89.2 Å². The molecule has 10 aromatic rings. The largest absolute Gasteiger partial charge is 0.310 e. The second-order valence-electron chi connectivity index (χ2n) is 33.6. The van der Waals surface area contributed by atoms with E-state index in [-0.39, 0.29) is 39.2 Å². The summed E-state index contributed by atoms with van der Waals surface area (Å²) in [5.74, 6) is 3.17. The van der Waals surface area contributed by atoms with Crippen LogP contribution >= 0.6 is 0 Å². The van der Waals surface area contributed by atoms with E-state index < -0.39 is 0 Å². The van der Waals surface area contributed by atoms with Gasteiger partial charge in [-0.2, -0.15) is 0 Å². The first-order valence-corrected chi connectivity index (χ1v) is 33.4. The normalized spacial score (nSPS) is 16.3. The second kappa shape index (κ2) is 19.9. The summed E-state index contributed by atoms with van der Waals surface area (Å²) in [6.45, 7) is 42.1. The molecule has 3 aromatic heterocycles. The van der Waals surface area contributed by atoms with Gasteiger partial charge in [-0.05, 0) is 204 Å². The van der Waals surface area contributed by atoms with Crippen molar-refractivity contribution in [1.29, 1.82) is 0 Å². The monoisotopic (exact) mass is 1150 g/mol. The Hall–Kier alpha value is -6.79. The van der Waals surface area contributed by atoms with Gasteiger partial charge in [-0.1, -0.05) is 200 Å². The van der Waals surface area contributed by atoms with Gasteiger partial charge >= 0.3 is 0 Å². The smallest absolute Gasteiger partial charge is 0.252 e. The molecule has 5 heterocycles. The Morgan fingerprint density at radius 3 is 0.977 bits per heavy atom. The molecule has 7 aromatic carbocycles. The average molecular weight is 1150 g/mol. The molecule has 2 aliphatic carbocycles. The van der Waals surface area contributed by atoms with Crippen molar-refractivity contribution < 1.29 is 0 Å². The van der Waals surface area contributed by atoms with E-state index in [1.54, 1.807) is 0 Å². The van der Waals surface area contributed by atoms with Crippen LogP contribution in [0.1, 0.15) is 245 Å². The molecule has 0 unspecified atom stereocenters. The number of fused-ring (bicyclic) bond motifs is 10. The number of aromatic nitrogens is 5. The highest BCUT2D eigenvalue weighted by molar-refractivity contribution is 7.00. The molecule has 6 heteroatoms. The molecule has 14 rings (SSSR count). The fourth-order valence-electron chi connectivity index (χ4n) is 15.5. The maximum atomic E-state index is 5.80. The molecule has 2 saturated carbocycles. The van der Waals surface area contributed by atoms with Gasteiger partial charge in [0, 0.05) is 60.6 Å². The van der Waals surface area contributed by atoms with Crippen molar-refractivity contribution in [2.24, 2.45) is 0 Å². The van der Waals surface area contributed by atoms with Crippen LogP contribution in [0, 0.1) is 0 Å². The summed E-state index contributed by atoms with van der Waals surface area (Å²) in [7, 11) is 0. The molecule has 446 valence electrons. The summed E-state index contributed by atoms with van der Waals surface area (Å²) < 4.78 is 5.39. The molecule has 0 amide bonds. The lowest BCUT2D eigenvalue weighted by Crippen LogP contribution is -2.59. The Bertz CT molecular complexity index is 4130. The Morgan fingerprint density at radius 1 is 0.333 bits per heavy atom. The molecule has 4 aliphatic rings. The summed E-state index contributed by atoms with van der Waals surface area (Å²) in [4.78, 5) is 17.2. The Kier molecular flexibility index (Phi) is 13.2. The van der Waals surface area contributed by atoms with E-state index in [2.05, 4.69) is 243 Å². The minimum absolute atomic E-state index is 0.00956. The molecule has 0 atom stereocenters. The van der Waals surface area contributed by atoms with Crippen LogP contribution in [-0.2, 0) is 32.5 Å². The first kappa shape index (κ1) is 57.9. The minimum Gasteiger partial charge on any atom is -0.310 e. The van der Waals surface area contributed by atoms with Crippen LogP contribution in [0.3, 0.4) is 0 Å². The van der Waals surface area contributed by atoms with Crippen molar-refractivity contribution >= 4 is 66.7 Å². The van der Waals surface area contributed by atoms with Gasteiger partial charge < -0.3 is 9.13 Å². The van der Waals surface area contributed by atoms with Crippen LogP contribution in [0.5, 0.6) is 0 Å². The molecular weight excluding hydrogens is 1050 g/mol. The lowest BCUT2D eigenvalue weighted by Gasteiger charge is -2.35. The third-order valence-corrected chi connectivity index (χ3v) is 21.0. The van der Waals surface area contributed by atoms with Crippen molar-refractivity contribution in [2.75, 3.05) is 0 Å². The summed E-state index contributed by atoms with van der Waals surface area (Å²) in [5, 5.41) is 5.47. The molecule has 0 spiro atoms. The number of hydrogen-bond acceptors (Lipinski definition) is 3. The van der Waals surface area contributed by atoms with Crippen LogP contribution in [0.4, 0.5) is 0 Å². The molecular formula is C81H94BN5. The van der Waals surface area contributed by atoms with Gasteiger partial charge in [0.25, 0.3) is 6.71 Å². The SMILES string of the molecule is CC(C)(C)c1cc(-c2nc(-c3cc(C(C)(C)C)cc(C(C)(C)C)c3)nc(-c3cc4c5c(c3)-n3c6ccc(C(C)(C)C)cc6c6cc(C7CCCCC7)cc(c63)B5c3cc(C5CCCCC5)cc5c6cc(C(C)(C)C)ccc6n-4c35)n2)cc(C(C)(C)C)c1. The number of nitrogens with zero attached hydrogens (tertiary/aromatic N) is 5. The van der Waals surface area contributed by atoms with E-state index >= 15 is 0 Å². The van der Waals surface area contributed by atoms with Gasteiger partial charge in [0.2, 0.25) is 0 Å². The van der Waals surface area contributed by atoms with E-state index in [9.17, 15) is 0 Å². The zero-order valence-corrected chi connectivity index (χ0v) is 55.9. The number of benzene rings is 7. The quantitative estimate of drug-likeness (QED) is 0.161. The van der Waals surface area contributed by atoms with Gasteiger partial charge in [-0.25, -0.2) is 15.0 Å².